The van der Waals surface area contributed by atoms with E-state index >= 15 is 0 Å². The van der Waals surface area contributed by atoms with Crippen molar-refractivity contribution in [3.63, 3.8) is 0 Å². The first-order valence-electron chi connectivity index (χ1n) is 6.48. The first kappa shape index (κ1) is 17.1. The zero-order chi connectivity index (χ0) is 13.1. The molecule has 5 heteroatoms. The second-order valence-corrected chi connectivity index (χ2v) is 5.78. The van der Waals surface area contributed by atoms with Gasteiger partial charge in [-0.25, -0.2) is 0 Å². The van der Waals surface area contributed by atoms with E-state index in [2.05, 4.69) is 17.1 Å². The lowest BCUT2D eigenvalue weighted by atomic mass is 10.0. The maximum absolute atomic E-state index is 6.27. The van der Waals surface area contributed by atoms with E-state index in [-0.39, 0.29) is 12.4 Å². The van der Waals surface area contributed by atoms with Gasteiger partial charge in [0.05, 0.1) is 0 Å². The van der Waals surface area contributed by atoms with Gasteiger partial charge >= 0.3 is 0 Å². The van der Waals surface area contributed by atoms with Gasteiger partial charge in [0.2, 0.25) is 0 Å². The fourth-order valence-electron chi connectivity index (χ4n) is 2.61. The van der Waals surface area contributed by atoms with Gasteiger partial charge in [-0.15, -0.1) is 12.4 Å². The molecule has 19 heavy (non-hydrogen) atoms. The first-order valence-corrected chi connectivity index (χ1v) is 7.23. The average molecular weight is 324 g/mol. The number of benzene rings is 1. The fourth-order valence-corrected chi connectivity index (χ4v) is 3.06. The van der Waals surface area contributed by atoms with Crippen LogP contribution in [0, 0.1) is 0 Å². The van der Waals surface area contributed by atoms with Gasteiger partial charge in [0.1, 0.15) is 0 Å². The van der Waals surface area contributed by atoms with E-state index in [4.69, 9.17) is 23.2 Å². The summed E-state index contributed by atoms with van der Waals surface area (Å²) in [7, 11) is 2.04. The molecule has 0 spiro atoms. The Kier molecular flexibility index (Phi) is 6.92. The summed E-state index contributed by atoms with van der Waals surface area (Å²) in [5.74, 6) is 0. The molecule has 1 heterocycles. The van der Waals surface area contributed by atoms with Crippen LogP contribution in [-0.4, -0.2) is 31.1 Å². The van der Waals surface area contributed by atoms with Gasteiger partial charge in [-0.1, -0.05) is 23.2 Å². The second-order valence-electron chi connectivity index (χ2n) is 4.94. The highest BCUT2D eigenvalue weighted by molar-refractivity contribution is 6.33. The van der Waals surface area contributed by atoms with Crippen molar-refractivity contribution in [3.8, 4) is 0 Å². The molecule has 1 saturated heterocycles. The standard InChI is InChI=1S/C14H20Cl2N2.ClH/c1-10(13-9-11(15)3-4-14(13)16)18-7-5-12(17-2)6-8-18;/h3-4,9-10,12,17H,5-8H2,1-2H3;1H. The van der Waals surface area contributed by atoms with E-state index in [1.807, 2.05) is 25.2 Å². The number of rotatable bonds is 3. The summed E-state index contributed by atoms with van der Waals surface area (Å²) in [4.78, 5) is 2.48. The van der Waals surface area contributed by atoms with E-state index < -0.39 is 0 Å². The summed E-state index contributed by atoms with van der Waals surface area (Å²) in [6.45, 7) is 4.42. The topological polar surface area (TPSA) is 15.3 Å². The first-order chi connectivity index (χ1) is 8.61. The number of hydrogen-bond acceptors (Lipinski definition) is 2. The summed E-state index contributed by atoms with van der Waals surface area (Å²) in [5.41, 5.74) is 1.13. The van der Waals surface area contributed by atoms with Crippen molar-refractivity contribution >= 4 is 35.6 Å². The lowest BCUT2D eigenvalue weighted by Crippen LogP contribution is -2.42. The quantitative estimate of drug-likeness (QED) is 0.898. The van der Waals surface area contributed by atoms with Crippen LogP contribution in [0.25, 0.3) is 0 Å². The van der Waals surface area contributed by atoms with Crippen LogP contribution in [0.2, 0.25) is 10.0 Å². The highest BCUT2D eigenvalue weighted by Crippen LogP contribution is 2.31. The summed E-state index contributed by atoms with van der Waals surface area (Å²) in [5, 5.41) is 4.91. The molecule has 1 aliphatic heterocycles. The Balaban J connectivity index is 0.00000180. The van der Waals surface area contributed by atoms with Crippen molar-refractivity contribution in [2.75, 3.05) is 20.1 Å². The summed E-state index contributed by atoms with van der Waals surface area (Å²) >= 11 is 12.3. The maximum atomic E-state index is 6.27. The Morgan fingerprint density at radius 3 is 2.47 bits per heavy atom. The molecule has 1 aromatic carbocycles. The zero-order valence-electron chi connectivity index (χ0n) is 11.3. The molecular formula is C14H21Cl3N2. The van der Waals surface area contributed by atoms with Gasteiger partial charge in [-0.05, 0) is 50.6 Å². The second kappa shape index (κ2) is 7.70. The van der Waals surface area contributed by atoms with Crippen LogP contribution in [0.15, 0.2) is 18.2 Å². The van der Waals surface area contributed by atoms with Crippen molar-refractivity contribution in [1.29, 1.82) is 0 Å². The third-order valence-electron chi connectivity index (χ3n) is 3.89. The van der Waals surface area contributed by atoms with Crippen LogP contribution in [0.4, 0.5) is 0 Å². The molecule has 2 nitrogen and oxygen atoms in total. The van der Waals surface area contributed by atoms with E-state index in [0.29, 0.717) is 12.1 Å². The third-order valence-corrected chi connectivity index (χ3v) is 4.47. The predicted molar refractivity (Wildman–Crippen MR) is 85.8 cm³/mol. The van der Waals surface area contributed by atoms with Gasteiger partial charge in [0.15, 0.2) is 0 Å². The Morgan fingerprint density at radius 1 is 1.26 bits per heavy atom. The van der Waals surface area contributed by atoms with Gasteiger partial charge in [0, 0.05) is 35.2 Å². The van der Waals surface area contributed by atoms with E-state index in [1.165, 1.54) is 12.8 Å². The number of halogens is 3. The van der Waals surface area contributed by atoms with Crippen molar-refractivity contribution in [2.24, 2.45) is 0 Å². The zero-order valence-corrected chi connectivity index (χ0v) is 13.7. The van der Waals surface area contributed by atoms with Crippen molar-refractivity contribution in [2.45, 2.75) is 31.8 Å². The molecule has 0 radical (unpaired) electrons. The SMILES string of the molecule is CNC1CCN(C(C)c2cc(Cl)ccc2Cl)CC1.Cl. The molecule has 0 amide bonds. The molecule has 0 saturated carbocycles. The number of nitrogens with zero attached hydrogens (tertiary/aromatic N) is 1. The van der Waals surface area contributed by atoms with E-state index in [9.17, 15) is 0 Å². The number of hydrogen-bond donors (Lipinski definition) is 1. The number of piperidine rings is 1. The molecule has 2 rings (SSSR count). The Bertz CT molecular complexity index is 404. The fraction of sp³-hybridized carbons (Fsp3) is 0.571. The van der Waals surface area contributed by atoms with Crippen molar-refractivity contribution < 1.29 is 0 Å². The monoisotopic (exact) mass is 322 g/mol. The third kappa shape index (κ3) is 4.24. The van der Waals surface area contributed by atoms with Gasteiger partial charge in [-0.2, -0.15) is 0 Å². The molecule has 0 bridgehead atoms. The van der Waals surface area contributed by atoms with E-state index in [1.54, 1.807) is 0 Å². The largest absolute Gasteiger partial charge is 0.317 e. The van der Waals surface area contributed by atoms with Crippen LogP contribution < -0.4 is 5.32 Å². The summed E-state index contributed by atoms with van der Waals surface area (Å²) in [6, 6.07) is 6.69. The molecule has 108 valence electrons. The molecule has 0 aromatic heterocycles. The molecule has 1 aliphatic rings. The molecule has 1 fully saturated rings. The Hall–Kier alpha value is 0.01000. The van der Waals surface area contributed by atoms with Gasteiger partial charge in [-0.3, -0.25) is 4.90 Å². The highest BCUT2D eigenvalue weighted by atomic mass is 35.5. The molecule has 1 atom stereocenters. The van der Waals surface area contributed by atoms with Crippen molar-refractivity contribution in [1.82, 2.24) is 10.2 Å². The minimum absolute atomic E-state index is 0. The van der Waals surface area contributed by atoms with E-state index in [0.717, 1.165) is 28.7 Å². The maximum Gasteiger partial charge on any atom is 0.0454 e. The van der Waals surface area contributed by atoms with Crippen LogP contribution >= 0.6 is 35.6 Å². The molecule has 1 unspecified atom stereocenters. The van der Waals surface area contributed by atoms with Crippen LogP contribution in [-0.2, 0) is 0 Å². The normalized spacial score (nSPS) is 18.9. The summed E-state index contributed by atoms with van der Waals surface area (Å²) < 4.78 is 0. The van der Waals surface area contributed by atoms with Crippen LogP contribution in [0.5, 0.6) is 0 Å². The van der Waals surface area contributed by atoms with Crippen LogP contribution in [0.3, 0.4) is 0 Å². The minimum Gasteiger partial charge on any atom is -0.317 e. The minimum atomic E-state index is 0. The van der Waals surface area contributed by atoms with Gasteiger partial charge in [0.25, 0.3) is 0 Å². The number of likely N-dealkylation sites (tertiary alicyclic amines) is 1. The van der Waals surface area contributed by atoms with Gasteiger partial charge < -0.3 is 5.32 Å². The number of nitrogens with one attached hydrogen (secondary N) is 1. The lowest BCUT2D eigenvalue weighted by molar-refractivity contribution is 0.155. The molecule has 1 N–H and O–H groups in total. The smallest absolute Gasteiger partial charge is 0.0454 e. The van der Waals surface area contributed by atoms with Crippen LogP contribution in [0.1, 0.15) is 31.4 Å². The molecule has 1 aromatic rings. The Labute approximate surface area is 131 Å². The average Bonchev–Trinajstić information content (AvgIpc) is 2.41. The Morgan fingerprint density at radius 2 is 1.89 bits per heavy atom. The molecular weight excluding hydrogens is 303 g/mol. The highest BCUT2D eigenvalue weighted by Gasteiger charge is 2.23. The lowest BCUT2D eigenvalue weighted by Gasteiger charge is -2.36. The summed E-state index contributed by atoms with van der Waals surface area (Å²) in [6.07, 6.45) is 2.39. The predicted octanol–water partition coefficient (Wildman–Crippen LogP) is 4.16. The molecule has 0 aliphatic carbocycles. The van der Waals surface area contributed by atoms with Crippen molar-refractivity contribution in [3.05, 3.63) is 33.8 Å².